The van der Waals surface area contributed by atoms with Gasteiger partial charge in [0.2, 0.25) is 0 Å². The molecule has 3 aromatic heterocycles. The third-order valence-corrected chi connectivity index (χ3v) is 9.64. The summed E-state index contributed by atoms with van der Waals surface area (Å²) in [5, 5.41) is 3.88. The average molecular weight is 600 g/mol. The zero-order valence-corrected chi connectivity index (χ0v) is 25.6. The monoisotopic (exact) mass is 599 g/mol. The summed E-state index contributed by atoms with van der Waals surface area (Å²) in [4.78, 5) is 2.41. The van der Waals surface area contributed by atoms with Crippen molar-refractivity contribution in [3.8, 4) is 22.3 Å². The molecule has 0 spiro atoms. The van der Waals surface area contributed by atoms with Crippen molar-refractivity contribution >= 4 is 60.9 Å². The van der Waals surface area contributed by atoms with E-state index in [2.05, 4.69) is 190 Å². The highest BCUT2D eigenvalue weighted by molar-refractivity contribution is 6.24. The second-order valence-corrected chi connectivity index (χ2v) is 12.2. The first kappa shape index (κ1) is 26.0. The van der Waals surface area contributed by atoms with Crippen LogP contribution >= 0.6 is 0 Å². The van der Waals surface area contributed by atoms with E-state index in [0.29, 0.717) is 0 Å². The highest BCUT2D eigenvalue weighted by Gasteiger charge is 2.26. The topological polar surface area (TPSA) is 12.1 Å². The normalized spacial score (nSPS) is 11.8. The Bertz CT molecular complexity index is 2610. The van der Waals surface area contributed by atoms with Gasteiger partial charge in [-0.3, -0.25) is 8.80 Å². The lowest BCUT2D eigenvalue weighted by molar-refractivity contribution is 1.26. The number of hydrogen-bond acceptors (Lipinski definition) is 1. The van der Waals surface area contributed by atoms with E-state index in [0.717, 1.165) is 17.1 Å². The third kappa shape index (κ3) is 3.81. The van der Waals surface area contributed by atoms with E-state index in [-0.39, 0.29) is 0 Å². The summed E-state index contributed by atoms with van der Waals surface area (Å²) in [7, 11) is 0. The van der Waals surface area contributed by atoms with Crippen LogP contribution in [0.3, 0.4) is 0 Å². The van der Waals surface area contributed by atoms with Gasteiger partial charge in [-0.25, -0.2) is 0 Å². The first-order valence-electron chi connectivity index (χ1n) is 16.1. The van der Waals surface area contributed by atoms with E-state index < -0.39 is 0 Å². The van der Waals surface area contributed by atoms with Crippen molar-refractivity contribution in [2.24, 2.45) is 0 Å². The van der Waals surface area contributed by atoms with Gasteiger partial charge < -0.3 is 4.90 Å². The lowest BCUT2D eigenvalue weighted by Gasteiger charge is -2.27. The van der Waals surface area contributed by atoms with Gasteiger partial charge in [0.1, 0.15) is 5.65 Å². The number of imidazole rings is 1. The maximum Gasteiger partial charge on any atom is 0.131 e. The van der Waals surface area contributed by atoms with Crippen LogP contribution in [-0.4, -0.2) is 8.80 Å². The van der Waals surface area contributed by atoms with E-state index in [1.807, 2.05) is 0 Å². The number of hydrogen-bond donors (Lipinski definition) is 0. The van der Waals surface area contributed by atoms with Gasteiger partial charge >= 0.3 is 0 Å². The van der Waals surface area contributed by atoms with Gasteiger partial charge in [-0.2, -0.15) is 0 Å². The Kier molecular flexibility index (Phi) is 5.57. The number of aromatic nitrogens is 2. The molecule has 0 fully saturated rings. The minimum Gasteiger partial charge on any atom is -0.308 e. The predicted molar refractivity (Wildman–Crippen MR) is 198 cm³/mol. The second-order valence-electron chi connectivity index (χ2n) is 12.2. The molecule has 0 aliphatic rings. The number of anilines is 3. The van der Waals surface area contributed by atoms with Crippen molar-refractivity contribution in [1.82, 2.24) is 8.80 Å². The molecule has 0 atom stereocenters. The van der Waals surface area contributed by atoms with Gasteiger partial charge in [-0.1, -0.05) is 127 Å². The van der Waals surface area contributed by atoms with Gasteiger partial charge in [0.15, 0.2) is 0 Å². The van der Waals surface area contributed by atoms with Crippen LogP contribution in [0.5, 0.6) is 0 Å². The molecule has 7 aromatic carbocycles. The number of benzene rings is 7. The van der Waals surface area contributed by atoms with Crippen LogP contribution < -0.4 is 4.90 Å². The van der Waals surface area contributed by atoms with Gasteiger partial charge in [0.25, 0.3) is 0 Å². The molecule has 10 rings (SSSR count). The minimum absolute atomic E-state index is 1.11. The molecule has 3 nitrogen and oxygen atoms in total. The summed E-state index contributed by atoms with van der Waals surface area (Å²) < 4.78 is 4.94. The Morgan fingerprint density at radius 3 is 1.34 bits per heavy atom. The Labute approximate surface area is 272 Å². The van der Waals surface area contributed by atoms with Crippen LogP contribution in [-0.2, 0) is 0 Å². The van der Waals surface area contributed by atoms with E-state index in [4.69, 9.17) is 0 Å². The highest BCUT2D eigenvalue weighted by Crippen LogP contribution is 2.46. The summed E-state index contributed by atoms with van der Waals surface area (Å²) in [6, 6.07) is 63.5. The SMILES string of the molecule is c1ccc(-c2ccc(N(c3ccc(-c4ccccc4)cc3)c3cccc4c3n3c5ccccc5c5c6ccccc6n4c53)cc2)cc1. The summed E-state index contributed by atoms with van der Waals surface area (Å²) in [6.45, 7) is 0. The molecular weight excluding hydrogens is 571 g/mol. The van der Waals surface area contributed by atoms with Crippen molar-refractivity contribution in [3.63, 3.8) is 0 Å². The molecule has 0 saturated heterocycles. The molecule has 0 N–H and O–H groups in total. The summed E-state index contributed by atoms with van der Waals surface area (Å²) in [5.74, 6) is 0. The summed E-state index contributed by atoms with van der Waals surface area (Å²) >= 11 is 0. The van der Waals surface area contributed by atoms with Crippen molar-refractivity contribution in [2.45, 2.75) is 0 Å². The van der Waals surface area contributed by atoms with Crippen LogP contribution in [0.15, 0.2) is 176 Å². The highest BCUT2D eigenvalue weighted by atomic mass is 15.2. The number of para-hydroxylation sites is 3. The number of nitrogens with zero attached hydrogens (tertiary/aromatic N) is 3. The van der Waals surface area contributed by atoms with Crippen LogP contribution in [0.1, 0.15) is 0 Å². The third-order valence-electron chi connectivity index (χ3n) is 9.64. The predicted octanol–water partition coefficient (Wildman–Crippen LogP) is 11.9. The fourth-order valence-electron chi connectivity index (χ4n) is 7.57. The Morgan fingerprint density at radius 2 is 0.787 bits per heavy atom. The molecule has 0 unspecified atom stereocenters. The summed E-state index contributed by atoms with van der Waals surface area (Å²) in [5.41, 5.74) is 14.3. The van der Waals surface area contributed by atoms with Gasteiger partial charge in [0, 0.05) is 27.5 Å². The van der Waals surface area contributed by atoms with E-state index in [1.54, 1.807) is 0 Å². The van der Waals surface area contributed by atoms with Crippen LogP contribution in [0.25, 0.3) is 66.1 Å². The minimum atomic E-state index is 1.11. The Hall–Kier alpha value is -6.32. The van der Waals surface area contributed by atoms with Crippen molar-refractivity contribution in [2.75, 3.05) is 4.90 Å². The zero-order chi connectivity index (χ0) is 30.9. The van der Waals surface area contributed by atoms with Crippen LogP contribution in [0.4, 0.5) is 17.1 Å². The molecule has 3 heteroatoms. The van der Waals surface area contributed by atoms with E-state index >= 15 is 0 Å². The molecule has 220 valence electrons. The lowest BCUT2D eigenvalue weighted by atomic mass is 10.0. The molecule has 0 radical (unpaired) electrons. The van der Waals surface area contributed by atoms with E-state index in [1.165, 1.54) is 66.1 Å². The molecule has 10 aromatic rings. The van der Waals surface area contributed by atoms with Crippen molar-refractivity contribution in [1.29, 1.82) is 0 Å². The maximum absolute atomic E-state index is 2.49. The summed E-state index contributed by atoms with van der Waals surface area (Å²) in [6.07, 6.45) is 0. The molecule has 0 saturated carbocycles. The quantitative estimate of drug-likeness (QED) is 0.192. The van der Waals surface area contributed by atoms with Gasteiger partial charge in [-0.05, 0) is 70.8 Å². The van der Waals surface area contributed by atoms with Crippen LogP contribution in [0, 0.1) is 0 Å². The van der Waals surface area contributed by atoms with Crippen molar-refractivity contribution in [3.05, 3.63) is 176 Å². The van der Waals surface area contributed by atoms with Gasteiger partial charge in [0.05, 0.1) is 27.8 Å². The Balaban J connectivity index is 1.26. The molecule has 0 aliphatic heterocycles. The first-order valence-corrected chi connectivity index (χ1v) is 16.1. The van der Waals surface area contributed by atoms with E-state index in [9.17, 15) is 0 Å². The van der Waals surface area contributed by atoms with Gasteiger partial charge in [-0.15, -0.1) is 0 Å². The largest absolute Gasteiger partial charge is 0.308 e. The van der Waals surface area contributed by atoms with Crippen molar-refractivity contribution < 1.29 is 0 Å². The molecule has 0 bridgehead atoms. The standard InChI is InChI=1S/C44H29N3/c1-3-12-30(13-4-1)32-22-26-34(27-23-32)45(35-28-24-33(25-29-35)31-14-5-2-6-15-31)40-20-11-21-41-43(40)47-39-19-10-8-17-37(39)42-36-16-7-9-18-38(36)46(41)44(42)47/h1-29H. The van der Waals surface area contributed by atoms with Crippen LogP contribution in [0.2, 0.25) is 0 Å². The molecule has 0 aliphatic carbocycles. The number of rotatable bonds is 5. The average Bonchev–Trinajstić information content (AvgIpc) is 3.78. The smallest absolute Gasteiger partial charge is 0.131 e. The molecule has 3 heterocycles. The zero-order valence-electron chi connectivity index (χ0n) is 25.6. The molecule has 47 heavy (non-hydrogen) atoms. The molecule has 0 amide bonds. The lowest BCUT2D eigenvalue weighted by Crippen LogP contribution is -2.11. The molecular formula is C44H29N3. The first-order chi connectivity index (χ1) is 23.3. The maximum atomic E-state index is 2.49. The number of fused-ring (bicyclic) bond motifs is 9. The second kappa shape index (κ2) is 10.1. The fourth-order valence-corrected chi connectivity index (χ4v) is 7.57. The Morgan fingerprint density at radius 1 is 0.340 bits per heavy atom. The fraction of sp³-hybridized carbons (Fsp3) is 0.